The van der Waals surface area contributed by atoms with Crippen LogP contribution in [0.1, 0.15) is 25.0 Å². The highest BCUT2D eigenvalue weighted by Gasteiger charge is 2.10. The fourth-order valence-electron chi connectivity index (χ4n) is 2.82. The van der Waals surface area contributed by atoms with Crippen LogP contribution < -0.4 is 15.4 Å². The van der Waals surface area contributed by atoms with Crippen molar-refractivity contribution < 1.29 is 4.74 Å². The molecule has 6 heteroatoms. The van der Waals surface area contributed by atoms with Crippen LogP contribution in [-0.2, 0) is 12.8 Å². The van der Waals surface area contributed by atoms with Crippen LogP contribution in [0.2, 0.25) is 0 Å². The summed E-state index contributed by atoms with van der Waals surface area (Å²) in [5.74, 6) is 1.80. The van der Waals surface area contributed by atoms with E-state index in [0.29, 0.717) is 11.8 Å². The van der Waals surface area contributed by atoms with Gasteiger partial charge in [0.25, 0.3) is 0 Å². The van der Waals surface area contributed by atoms with Gasteiger partial charge in [0, 0.05) is 5.69 Å². The summed E-state index contributed by atoms with van der Waals surface area (Å²) in [7, 11) is 1.64. The third-order valence-electron chi connectivity index (χ3n) is 4.16. The smallest absolute Gasteiger partial charge is 0.249 e. The highest BCUT2D eigenvalue weighted by atomic mass is 16.5. The third kappa shape index (κ3) is 3.91. The normalized spacial score (nSPS) is 10.4. The van der Waals surface area contributed by atoms with Gasteiger partial charge in [-0.05, 0) is 36.1 Å². The molecule has 0 spiro atoms. The summed E-state index contributed by atoms with van der Waals surface area (Å²) in [4.78, 5) is 4.54. The highest BCUT2D eigenvalue weighted by molar-refractivity contribution is 5.66. The number of ether oxygens (including phenoxy) is 1. The molecule has 134 valence electrons. The molecule has 2 aromatic carbocycles. The summed E-state index contributed by atoms with van der Waals surface area (Å²) in [6.07, 6.45) is 3.45. The van der Waals surface area contributed by atoms with E-state index in [1.165, 1.54) is 11.1 Å². The van der Waals surface area contributed by atoms with Crippen molar-refractivity contribution in [2.24, 2.45) is 0 Å². The first-order valence-electron chi connectivity index (χ1n) is 8.72. The van der Waals surface area contributed by atoms with Gasteiger partial charge in [0.2, 0.25) is 5.95 Å². The lowest BCUT2D eigenvalue weighted by molar-refractivity contribution is 0.417. The average molecular weight is 349 g/mol. The second-order valence-electron chi connectivity index (χ2n) is 5.77. The molecular formula is C20H23N5O. The van der Waals surface area contributed by atoms with Gasteiger partial charge in [-0.3, -0.25) is 0 Å². The van der Waals surface area contributed by atoms with Crippen molar-refractivity contribution >= 4 is 23.1 Å². The summed E-state index contributed by atoms with van der Waals surface area (Å²) >= 11 is 0. The first kappa shape index (κ1) is 17.7. The molecule has 6 nitrogen and oxygen atoms in total. The number of nitrogens with one attached hydrogen (secondary N) is 2. The van der Waals surface area contributed by atoms with Crippen molar-refractivity contribution in [1.29, 1.82) is 0 Å². The van der Waals surface area contributed by atoms with E-state index in [1.54, 1.807) is 13.3 Å². The molecule has 2 N–H and O–H groups in total. The van der Waals surface area contributed by atoms with Crippen LogP contribution in [0, 0.1) is 0 Å². The number of benzene rings is 2. The zero-order valence-electron chi connectivity index (χ0n) is 15.3. The lowest BCUT2D eigenvalue weighted by Crippen LogP contribution is -2.06. The van der Waals surface area contributed by atoms with E-state index in [-0.39, 0.29) is 0 Å². The molecule has 0 bridgehead atoms. The zero-order valence-corrected chi connectivity index (χ0v) is 15.3. The van der Waals surface area contributed by atoms with Gasteiger partial charge >= 0.3 is 0 Å². The molecule has 1 heterocycles. The number of anilines is 4. The van der Waals surface area contributed by atoms with Crippen LogP contribution >= 0.6 is 0 Å². The van der Waals surface area contributed by atoms with Gasteiger partial charge in [-0.15, -0.1) is 5.10 Å². The molecule has 0 aliphatic carbocycles. The number of aromatic nitrogens is 3. The van der Waals surface area contributed by atoms with Crippen molar-refractivity contribution in [3.8, 4) is 5.75 Å². The van der Waals surface area contributed by atoms with Crippen LogP contribution in [-0.4, -0.2) is 22.3 Å². The highest BCUT2D eigenvalue weighted by Crippen LogP contribution is 2.28. The van der Waals surface area contributed by atoms with Gasteiger partial charge in [0.15, 0.2) is 5.82 Å². The molecule has 0 radical (unpaired) electrons. The van der Waals surface area contributed by atoms with Crippen molar-refractivity contribution in [3.05, 3.63) is 59.8 Å². The van der Waals surface area contributed by atoms with E-state index in [2.05, 4.69) is 57.9 Å². The molecule has 26 heavy (non-hydrogen) atoms. The predicted octanol–water partition coefficient (Wildman–Crippen LogP) is 4.49. The maximum atomic E-state index is 5.36. The summed E-state index contributed by atoms with van der Waals surface area (Å²) in [5.41, 5.74) is 4.35. The molecule has 3 rings (SSSR count). The van der Waals surface area contributed by atoms with Gasteiger partial charge in [-0.1, -0.05) is 44.2 Å². The Morgan fingerprint density at radius 1 is 0.923 bits per heavy atom. The lowest BCUT2D eigenvalue weighted by atomic mass is 10.0. The summed E-state index contributed by atoms with van der Waals surface area (Å²) < 4.78 is 5.36. The fraction of sp³-hybridized carbons (Fsp3) is 0.250. The van der Waals surface area contributed by atoms with Gasteiger partial charge in [0.1, 0.15) is 5.75 Å². The Hall–Kier alpha value is -3.15. The Kier molecular flexibility index (Phi) is 5.63. The molecule has 0 unspecified atom stereocenters. The molecule has 0 aliphatic rings. The minimum Gasteiger partial charge on any atom is -0.495 e. The Balaban J connectivity index is 1.87. The van der Waals surface area contributed by atoms with E-state index < -0.39 is 0 Å². The average Bonchev–Trinajstić information content (AvgIpc) is 2.69. The molecule has 0 fully saturated rings. The first-order valence-corrected chi connectivity index (χ1v) is 8.72. The van der Waals surface area contributed by atoms with E-state index in [0.717, 1.165) is 30.0 Å². The van der Waals surface area contributed by atoms with Crippen LogP contribution in [0.25, 0.3) is 0 Å². The van der Waals surface area contributed by atoms with Gasteiger partial charge < -0.3 is 15.4 Å². The number of para-hydroxylation sites is 3. The second kappa shape index (κ2) is 8.29. The van der Waals surface area contributed by atoms with Crippen molar-refractivity contribution in [3.63, 3.8) is 0 Å². The third-order valence-corrected chi connectivity index (χ3v) is 4.16. The van der Waals surface area contributed by atoms with Crippen molar-refractivity contribution in [2.75, 3.05) is 17.7 Å². The van der Waals surface area contributed by atoms with Gasteiger partial charge in [-0.2, -0.15) is 10.1 Å². The number of nitrogens with zero attached hydrogens (tertiary/aromatic N) is 3. The van der Waals surface area contributed by atoms with Crippen LogP contribution in [0.5, 0.6) is 5.75 Å². The Morgan fingerprint density at radius 2 is 1.65 bits per heavy atom. The maximum Gasteiger partial charge on any atom is 0.249 e. The van der Waals surface area contributed by atoms with Crippen LogP contribution in [0.15, 0.2) is 48.7 Å². The largest absolute Gasteiger partial charge is 0.495 e. The number of hydrogen-bond donors (Lipinski definition) is 2. The van der Waals surface area contributed by atoms with Gasteiger partial charge in [0.05, 0.1) is 19.0 Å². The van der Waals surface area contributed by atoms with Crippen molar-refractivity contribution in [1.82, 2.24) is 15.2 Å². The first-order chi connectivity index (χ1) is 12.7. The molecule has 0 atom stereocenters. The topological polar surface area (TPSA) is 72.0 Å². The number of rotatable bonds is 7. The molecule has 0 saturated carbocycles. The molecule has 3 aromatic rings. The standard InChI is InChI=1S/C20H23N5O/c1-4-14-9-8-10-15(5-2)19(14)24-20-23-18(13-21-25-20)22-16-11-6-7-12-17(16)26-3/h6-13H,4-5H2,1-3H3,(H2,22,23,24,25). The fourth-order valence-corrected chi connectivity index (χ4v) is 2.82. The zero-order chi connectivity index (χ0) is 18.4. The minimum absolute atomic E-state index is 0.459. The minimum atomic E-state index is 0.459. The van der Waals surface area contributed by atoms with Gasteiger partial charge in [-0.25, -0.2) is 0 Å². The Morgan fingerprint density at radius 3 is 2.35 bits per heavy atom. The molecule has 0 amide bonds. The quantitative estimate of drug-likeness (QED) is 0.655. The number of aryl methyl sites for hydroxylation is 2. The van der Waals surface area contributed by atoms with Crippen molar-refractivity contribution in [2.45, 2.75) is 26.7 Å². The lowest BCUT2D eigenvalue weighted by Gasteiger charge is -2.15. The van der Waals surface area contributed by atoms with Crippen LogP contribution in [0.3, 0.4) is 0 Å². The van der Waals surface area contributed by atoms with E-state index in [1.807, 2.05) is 24.3 Å². The molecule has 0 aliphatic heterocycles. The summed E-state index contributed by atoms with van der Waals surface area (Å²) in [6.45, 7) is 4.28. The molecular weight excluding hydrogens is 326 g/mol. The predicted molar refractivity (Wildman–Crippen MR) is 105 cm³/mol. The molecule has 0 saturated heterocycles. The van der Waals surface area contributed by atoms with E-state index in [9.17, 15) is 0 Å². The van der Waals surface area contributed by atoms with E-state index in [4.69, 9.17) is 4.74 Å². The number of methoxy groups -OCH3 is 1. The second-order valence-corrected chi connectivity index (χ2v) is 5.77. The SMILES string of the molecule is CCc1cccc(CC)c1Nc1nncc(Nc2ccccc2OC)n1. The van der Waals surface area contributed by atoms with Crippen LogP contribution in [0.4, 0.5) is 23.1 Å². The summed E-state index contributed by atoms with van der Waals surface area (Å²) in [5, 5.41) is 14.8. The summed E-state index contributed by atoms with van der Waals surface area (Å²) in [6, 6.07) is 14.0. The Labute approximate surface area is 153 Å². The number of hydrogen-bond acceptors (Lipinski definition) is 6. The van der Waals surface area contributed by atoms with E-state index >= 15 is 0 Å². The monoisotopic (exact) mass is 349 g/mol. The maximum absolute atomic E-state index is 5.36. The molecule has 1 aromatic heterocycles. The Bertz CT molecular complexity index is 859.